The summed E-state index contributed by atoms with van der Waals surface area (Å²) in [5.41, 5.74) is 4.08. The topological polar surface area (TPSA) is 81.4 Å². The summed E-state index contributed by atoms with van der Waals surface area (Å²) in [4.78, 5) is 22.1. The fourth-order valence-electron chi connectivity index (χ4n) is 1.000. The Morgan fingerprint density at radius 3 is 2.59 bits per heavy atom. The average Bonchev–Trinajstić information content (AvgIpc) is 2.30. The lowest BCUT2D eigenvalue weighted by Gasteiger charge is -2.06. The lowest BCUT2D eigenvalue weighted by atomic mass is 10.2. The van der Waals surface area contributed by atoms with Crippen molar-refractivity contribution in [1.29, 1.82) is 0 Å². The van der Waals surface area contributed by atoms with E-state index in [1.807, 2.05) is 0 Å². The maximum atomic E-state index is 13.2. The van der Waals surface area contributed by atoms with Gasteiger partial charge in [0.05, 0.1) is 11.3 Å². The Morgan fingerprint density at radius 2 is 2.00 bits per heavy atom. The molecule has 0 aliphatic rings. The van der Waals surface area contributed by atoms with Gasteiger partial charge in [0.1, 0.15) is 11.6 Å². The van der Waals surface area contributed by atoms with Gasteiger partial charge in [-0.2, -0.15) is 0 Å². The predicted molar refractivity (Wildman–Crippen MR) is 55.1 cm³/mol. The van der Waals surface area contributed by atoms with Gasteiger partial charge >= 0.3 is 5.97 Å². The molecule has 0 aromatic heterocycles. The number of amides is 1. The quantitative estimate of drug-likeness (QED) is 0.597. The number of nitrogens with two attached hydrogens (primary N) is 1. The van der Waals surface area contributed by atoms with E-state index in [0.717, 1.165) is 0 Å². The molecule has 0 aliphatic carbocycles. The van der Waals surface area contributed by atoms with Crippen molar-refractivity contribution in [2.45, 2.75) is 0 Å². The van der Waals surface area contributed by atoms with E-state index in [-0.39, 0.29) is 0 Å². The third-order valence-corrected chi connectivity index (χ3v) is 1.92. The first-order chi connectivity index (χ1) is 7.95. The van der Waals surface area contributed by atoms with Gasteiger partial charge in [-0.05, 0) is 6.07 Å². The molecule has 5 nitrogen and oxygen atoms in total. The van der Waals surface area contributed by atoms with Crippen molar-refractivity contribution in [1.82, 2.24) is 5.32 Å². The van der Waals surface area contributed by atoms with Crippen molar-refractivity contribution < 1.29 is 23.1 Å². The number of hydrogen-bond acceptors (Lipinski definition) is 4. The second-order valence-corrected chi connectivity index (χ2v) is 3.10. The summed E-state index contributed by atoms with van der Waals surface area (Å²) in [6.07, 6.45) is 0. The van der Waals surface area contributed by atoms with Gasteiger partial charge in [0, 0.05) is 13.1 Å². The summed E-state index contributed by atoms with van der Waals surface area (Å²) in [7, 11) is 1.35. The molecule has 0 bridgehead atoms. The highest BCUT2D eigenvalue weighted by atomic mass is 19.1. The van der Waals surface area contributed by atoms with Gasteiger partial charge in [-0.25, -0.2) is 13.6 Å². The fourth-order valence-corrected chi connectivity index (χ4v) is 1.000. The molecule has 92 valence electrons. The number of likely N-dealkylation sites (N-methyl/N-ethyl adjacent to an activating group) is 1. The summed E-state index contributed by atoms with van der Waals surface area (Å²) < 4.78 is 30.7. The first kappa shape index (κ1) is 12.9. The van der Waals surface area contributed by atoms with Crippen LogP contribution in [0.4, 0.5) is 14.5 Å². The second kappa shape index (κ2) is 5.24. The Kier molecular flexibility index (Phi) is 3.97. The first-order valence-corrected chi connectivity index (χ1v) is 4.58. The molecule has 0 aliphatic heterocycles. The van der Waals surface area contributed by atoms with Crippen molar-refractivity contribution in [3.63, 3.8) is 0 Å². The average molecular weight is 244 g/mol. The molecule has 0 unspecified atom stereocenters. The van der Waals surface area contributed by atoms with E-state index in [1.165, 1.54) is 7.05 Å². The molecular weight excluding hydrogens is 234 g/mol. The van der Waals surface area contributed by atoms with Crippen LogP contribution in [0.25, 0.3) is 0 Å². The van der Waals surface area contributed by atoms with Crippen LogP contribution in [0.1, 0.15) is 10.4 Å². The molecule has 0 saturated carbocycles. The summed E-state index contributed by atoms with van der Waals surface area (Å²) in [6.45, 7) is -0.569. The molecule has 3 N–H and O–H groups in total. The van der Waals surface area contributed by atoms with Gasteiger partial charge < -0.3 is 15.8 Å². The second-order valence-electron chi connectivity index (χ2n) is 3.10. The number of nitrogens with one attached hydrogen (secondary N) is 1. The maximum Gasteiger partial charge on any atom is 0.341 e. The first-order valence-electron chi connectivity index (χ1n) is 4.58. The molecule has 1 rings (SSSR count). The molecule has 0 saturated heterocycles. The van der Waals surface area contributed by atoms with Crippen LogP contribution in [0.3, 0.4) is 0 Å². The third-order valence-electron chi connectivity index (χ3n) is 1.92. The van der Waals surface area contributed by atoms with Crippen LogP contribution in [0.15, 0.2) is 12.1 Å². The largest absolute Gasteiger partial charge is 0.452 e. The van der Waals surface area contributed by atoms with Gasteiger partial charge in [-0.1, -0.05) is 0 Å². The van der Waals surface area contributed by atoms with E-state index in [2.05, 4.69) is 10.1 Å². The summed E-state index contributed by atoms with van der Waals surface area (Å²) in [6, 6.07) is 1.29. The van der Waals surface area contributed by atoms with Gasteiger partial charge in [0.2, 0.25) is 0 Å². The van der Waals surface area contributed by atoms with Crippen molar-refractivity contribution in [2.75, 3.05) is 19.4 Å². The van der Waals surface area contributed by atoms with E-state index in [0.29, 0.717) is 12.1 Å². The van der Waals surface area contributed by atoms with Crippen molar-refractivity contribution in [3.8, 4) is 0 Å². The van der Waals surface area contributed by atoms with Crippen molar-refractivity contribution in [3.05, 3.63) is 29.3 Å². The number of nitrogen functional groups attached to an aromatic ring is 1. The minimum absolute atomic E-state index is 0.412. The Balaban J connectivity index is 2.82. The number of carbonyl (C=O) groups excluding carboxylic acids is 2. The SMILES string of the molecule is CNC(=O)COC(=O)c1cc(F)c(N)cc1F. The van der Waals surface area contributed by atoms with Gasteiger partial charge in [0.15, 0.2) is 6.61 Å². The minimum Gasteiger partial charge on any atom is -0.452 e. The summed E-state index contributed by atoms with van der Waals surface area (Å²) in [5, 5.41) is 2.20. The number of anilines is 1. The number of esters is 1. The van der Waals surface area contributed by atoms with Crippen LogP contribution in [-0.2, 0) is 9.53 Å². The lowest BCUT2D eigenvalue weighted by Crippen LogP contribution is -2.25. The number of ether oxygens (including phenoxy) is 1. The molecule has 0 radical (unpaired) electrons. The lowest BCUT2D eigenvalue weighted by molar-refractivity contribution is -0.123. The highest BCUT2D eigenvalue weighted by Crippen LogP contribution is 2.17. The van der Waals surface area contributed by atoms with E-state index in [4.69, 9.17) is 5.73 Å². The van der Waals surface area contributed by atoms with E-state index >= 15 is 0 Å². The number of halogens is 2. The molecule has 0 atom stereocenters. The standard InChI is InChI=1S/C10H10F2N2O3/c1-14-9(15)4-17-10(16)5-2-7(12)8(13)3-6(5)11/h2-3H,4,13H2,1H3,(H,14,15). The number of rotatable bonds is 3. The van der Waals surface area contributed by atoms with Gasteiger partial charge in [-0.3, -0.25) is 4.79 Å². The fraction of sp³-hybridized carbons (Fsp3) is 0.200. The van der Waals surface area contributed by atoms with Gasteiger partial charge in [0.25, 0.3) is 5.91 Å². The van der Waals surface area contributed by atoms with Gasteiger partial charge in [-0.15, -0.1) is 0 Å². The van der Waals surface area contributed by atoms with Crippen LogP contribution < -0.4 is 11.1 Å². The van der Waals surface area contributed by atoms with Crippen LogP contribution in [-0.4, -0.2) is 25.5 Å². The molecule has 7 heteroatoms. The van der Waals surface area contributed by atoms with Crippen LogP contribution in [0.5, 0.6) is 0 Å². The monoisotopic (exact) mass is 244 g/mol. The zero-order chi connectivity index (χ0) is 13.0. The predicted octanol–water partition coefficient (Wildman–Crippen LogP) is 0.450. The molecule has 0 spiro atoms. The Bertz CT molecular complexity index is 463. The smallest absolute Gasteiger partial charge is 0.341 e. The highest BCUT2D eigenvalue weighted by molar-refractivity contribution is 5.91. The molecule has 1 amide bonds. The van der Waals surface area contributed by atoms with E-state index in [9.17, 15) is 18.4 Å². The molecule has 0 heterocycles. The normalized spacial score (nSPS) is 9.82. The van der Waals surface area contributed by atoms with Crippen molar-refractivity contribution in [2.24, 2.45) is 0 Å². The Hall–Kier alpha value is -2.18. The van der Waals surface area contributed by atoms with E-state index in [1.54, 1.807) is 0 Å². The maximum absolute atomic E-state index is 13.2. The highest BCUT2D eigenvalue weighted by Gasteiger charge is 2.17. The Labute approximate surface area is 95.5 Å². The number of benzene rings is 1. The summed E-state index contributed by atoms with van der Waals surface area (Å²) >= 11 is 0. The molecule has 17 heavy (non-hydrogen) atoms. The molecule has 1 aromatic carbocycles. The Morgan fingerprint density at radius 1 is 1.35 bits per heavy atom. The molecular formula is C10H10F2N2O3. The molecule has 0 fully saturated rings. The van der Waals surface area contributed by atoms with Crippen LogP contribution >= 0.6 is 0 Å². The third kappa shape index (κ3) is 3.13. The summed E-state index contributed by atoms with van der Waals surface area (Å²) in [5.74, 6) is -3.64. The minimum atomic E-state index is -1.13. The van der Waals surface area contributed by atoms with Crippen LogP contribution in [0, 0.1) is 11.6 Å². The van der Waals surface area contributed by atoms with Crippen molar-refractivity contribution >= 4 is 17.6 Å². The zero-order valence-electron chi connectivity index (χ0n) is 8.92. The number of carbonyl (C=O) groups is 2. The van der Waals surface area contributed by atoms with Crippen LogP contribution in [0.2, 0.25) is 0 Å². The zero-order valence-corrected chi connectivity index (χ0v) is 8.92. The number of hydrogen-bond donors (Lipinski definition) is 2. The van der Waals surface area contributed by atoms with E-state index < -0.39 is 41.4 Å². The molecule has 1 aromatic rings.